The molecule has 3 heterocycles. The zero-order chi connectivity index (χ0) is 20.9. The van der Waals surface area contributed by atoms with Gasteiger partial charge in [-0.05, 0) is 49.4 Å². The maximum Gasteiger partial charge on any atom is 0.240 e. The van der Waals surface area contributed by atoms with Gasteiger partial charge in [-0.15, -0.1) is 0 Å². The van der Waals surface area contributed by atoms with Crippen molar-refractivity contribution in [3.05, 3.63) is 42.9 Å². The fourth-order valence-corrected chi connectivity index (χ4v) is 4.42. The molecule has 1 atom stereocenters. The van der Waals surface area contributed by atoms with Gasteiger partial charge in [0.05, 0.1) is 17.6 Å². The number of rotatable bonds is 5. The average molecular weight is 414 g/mol. The van der Waals surface area contributed by atoms with Crippen LogP contribution in [0, 0.1) is 5.92 Å². The molecule has 1 amide bonds. The third kappa shape index (κ3) is 3.15. The highest BCUT2D eigenvalue weighted by molar-refractivity contribution is 5.92. The van der Waals surface area contributed by atoms with E-state index in [-0.39, 0.29) is 11.9 Å². The van der Waals surface area contributed by atoms with Crippen LogP contribution in [0.5, 0.6) is 5.75 Å². The molecular formula is C23H22N6O2. The van der Waals surface area contributed by atoms with E-state index < -0.39 is 0 Å². The lowest BCUT2D eigenvalue weighted by molar-refractivity contribution is -0.119. The summed E-state index contributed by atoms with van der Waals surface area (Å²) in [5, 5.41) is 4.30. The van der Waals surface area contributed by atoms with E-state index in [4.69, 9.17) is 15.5 Å². The number of carbonyl (C=O) groups excluding carboxylic acids is 1. The third-order valence-electron chi connectivity index (χ3n) is 6.08. The van der Waals surface area contributed by atoms with Crippen LogP contribution in [0.3, 0.4) is 0 Å². The SMILES string of the molecule is NC(=O)[C@@H](Nc1cc2c3c(c1)nc(-c1ccc4ncncc4c1)n3CCCO2)C1CC1. The standard InChI is InChI=1S/C23H22N6O2/c24-22(30)20(13-2-3-13)27-16-9-18-21-19(10-16)31-7-1-6-29(21)23(28-18)14-4-5-17-15(8-14)11-25-12-26-17/h4-5,8-13,20,27H,1-3,6-7H2,(H2,24,30)/t20-/m0/s1. The van der Waals surface area contributed by atoms with Crippen molar-refractivity contribution in [2.45, 2.75) is 31.8 Å². The molecule has 0 spiro atoms. The lowest BCUT2D eigenvalue weighted by Crippen LogP contribution is -2.37. The fraction of sp³-hybridized carbons (Fsp3) is 0.304. The summed E-state index contributed by atoms with van der Waals surface area (Å²) in [5.41, 5.74) is 10.2. The number of imidazole rings is 1. The Balaban J connectivity index is 1.48. The number of ether oxygens (including phenoxy) is 1. The lowest BCUT2D eigenvalue weighted by Gasteiger charge is -2.17. The van der Waals surface area contributed by atoms with Crippen LogP contribution in [0.15, 0.2) is 42.9 Å². The van der Waals surface area contributed by atoms with Gasteiger partial charge in [0.2, 0.25) is 5.91 Å². The van der Waals surface area contributed by atoms with E-state index in [1.165, 1.54) is 0 Å². The Morgan fingerprint density at radius 1 is 1.23 bits per heavy atom. The molecule has 0 radical (unpaired) electrons. The maximum absolute atomic E-state index is 11.9. The third-order valence-corrected chi connectivity index (χ3v) is 6.08. The topological polar surface area (TPSA) is 108 Å². The summed E-state index contributed by atoms with van der Waals surface area (Å²) in [4.78, 5) is 25.3. The zero-order valence-electron chi connectivity index (χ0n) is 16.9. The lowest BCUT2D eigenvalue weighted by atomic mass is 10.1. The quantitative estimate of drug-likeness (QED) is 0.520. The van der Waals surface area contributed by atoms with E-state index in [1.54, 1.807) is 6.33 Å². The van der Waals surface area contributed by atoms with Crippen LogP contribution >= 0.6 is 0 Å². The van der Waals surface area contributed by atoms with Gasteiger partial charge in [0.15, 0.2) is 0 Å². The van der Waals surface area contributed by atoms with Crippen molar-refractivity contribution in [1.82, 2.24) is 19.5 Å². The number of benzene rings is 2. The average Bonchev–Trinajstić information content (AvgIpc) is 3.57. The molecule has 0 saturated heterocycles. The number of primary amides is 1. The minimum absolute atomic E-state index is 0.307. The van der Waals surface area contributed by atoms with Crippen LogP contribution in [0.2, 0.25) is 0 Å². The van der Waals surface area contributed by atoms with Gasteiger partial charge in [-0.1, -0.05) is 0 Å². The highest BCUT2D eigenvalue weighted by Crippen LogP contribution is 2.38. The molecule has 1 aliphatic carbocycles. The Morgan fingerprint density at radius 2 is 2.13 bits per heavy atom. The van der Waals surface area contributed by atoms with Gasteiger partial charge >= 0.3 is 0 Å². The molecule has 0 unspecified atom stereocenters. The number of nitrogens with zero attached hydrogens (tertiary/aromatic N) is 4. The number of fused-ring (bicyclic) bond motifs is 1. The number of hydrogen-bond donors (Lipinski definition) is 2. The zero-order valence-corrected chi connectivity index (χ0v) is 16.9. The highest BCUT2D eigenvalue weighted by Gasteiger charge is 2.35. The smallest absolute Gasteiger partial charge is 0.240 e. The molecule has 2 aromatic heterocycles. The van der Waals surface area contributed by atoms with Gasteiger partial charge in [-0.3, -0.25) is 4.79 Å². The highest BCUT2D eigenvalue weighted by atomic mass is 16.5. The van der Waals surface area contributed by atoms with Crippen LogP contribution in [-0.4, -0.2) is 38.1 Å². The summed E-state index contributed by atoms with van der Waals surface area (Å²) in [7, 11) is 0. The van der Waals surface area contributed by atoms with E-state index in [2.05, 4.69) is 25.9 Å². The first kappa shape index (κ1) is 18.1. The number of aromatic nitrogens is 4. The van der Waals surface area contributed by atoms with Gasteiger partial charge in [0.25, 0.3) is 0 Å². The molecule has 31 heavy (non-hydrogen) atoms. The Bertz CT molecular complexity index is 1330. The molecule has 2 aromatic carbocycles. The summed E-state index contributed by atoms with van der Waals surface area (Å²) >= 11 is 0. The number of aryl methyl sites for hydroxylation is 1. The Morgan fingerprint density at radius 3 is 2.97 bits per heavy atom. The minimum atomic E-state index is -0.363. The second kappa shape index (κ2) is 6.94. The van der Waals surface area contributed by atoms with Crippen molar-refractivity contribution in [3.63, 3.8) is 0 Å². The summed E-state index contributed by atoms with van der Waals surface area (Å²) in [6.07, 6.45) is 6.31. The number of nitrogens with two attached hydrogens (primary N) is 1. The normalized spacial score (nSPS) is 16.6. The number of carbonyl (C=O) groups is 1. The van der Waals surface area contributed by atoms with E-state index in [1.807, 2.05) is 30.5 Å². The largest absolute Gasteiger partial charge is 0.491 e. The molecule has 3 N–H and O–H groups in total. The summed E-state index contributed by atoms with van der Waals surface area (Å²) in [6, 6.07) is 9.69. The van der Waals surface area contributed by atoms with E-state index in [9.17, 15) is 4.79 Å². The van der Waals surface area contributed by atoms with Crippen molar-refractivity contribution >= 4 is 33.5 Å². The minimum Gasteiger partial charge on any atom is -0.491 e. The second-order valence-corrected chi connectivity index (χ2v) is 8.29. The second-order valence-electron chi connectivity index (χ2n) is 8.29. The fourth-order valence-electron chi connectivity index (χ4n) is 4.42. The summed E-state index contributed by atoms with van der Waals surface area (Å²) in [5.74, 6) is 1.65. The van der Waals surface area contributed by atoms with Gasteiger partial charge in [-0.25, -0.2) is 15.0 Å². The van der Waals surface area contributed by atoms with Crippen LogP contribution in [0.25, 0.3) is 33.3 Å². The number of amides is 1. The van der Waals surface area contributed by atoms with E-state index >= 15 is 0 Å². The van der Waals surface area contributed by atoms with Crippen LogP contribution in [0.4, 0.5) is 5.69 Å². The molecule has 8 heteroatoms. The Hall–Kier alpha value is -3.68. The number of anilines is 1. The molecule has 1 aliphatic heterocycles. The van der Waals surface area contributed by atoms with Crippen LogP contribution < -0.4 is 15.8 Å². The molecular weight excluding hydrogens is 392 g/mol. The van der Waals surface area contributed by atoms with Crippen LogP contribution in [0.1, 0.15) is 19.3 Å². The molecule has 156 valence electrons. The van der Waals surface area contributed by atoms with E-state index in [0.717, 1.165) is 70.6 Å². The first-order valence-electron chi connectivity index (χ1n) is 10.6. The predicted molar refractivity (Wildman–Crippen MR) is 118 cm³/mol. The molecule has 4 aromatic rings. The van der Waals surface area contributed by atoms with Crippen molar-refractivity contribution in [3.8, 4) is 17.1 Å². The molecule has 1 fully saturated rings. The summed E-state index contributed by atoms with van der Waals surface area (Å²) in [6.45, 7) is 1.45. The number of hydrogen-bond acceptors (Lipinski definition) is 6. The maximum atomic E-state index is 11.9. The van der Waals surface area contributed by atoms with Crippen molar-refractivity contribution < 1.29 is 9.53 Å². The number of nitrogens with one attached hydrogen (secondary N) is 1. The van der Waals surface area contributed by atoms with Crippen LogP contribution in [-0.2, 0) is 11.3 Å². The summed E-state index contributed by atoms with van der Waals surface area (Å²) < 4.78 is 8.28. The molecule has 1 saturated carbocycles. The Labute approximate surface area is 178 Å². The molecule has 2 aliphatic rings. The van der Waals surface area contributed by atoms with Crippen molar-refractivity contribution in [2.24, 2.45) is 11.7 Å². The van der Waals surface area contributed by atoms with Crippen molar-refractivity contribution in [1.29, 1.82) is 0 Å². The molecule has 0 bridgehead atoms. The molecule has 6 rings (SSSR count). The monoisotopic (exact) mass is 414 g/mol. The first-order chi connectivity index (χ1) is 15.2. The van der Waals surface area contributed by atoms with Gasteiger partial charge in [-0.2, -0.15) is 0 Å². The van der Waals surface area contributed by atoms with Gasteiger partial charge in [0, 0.05) is 35.4 Å². The van der Waals surface area contributed by atoms with Crippen molar-refractivity contribution in [2.75, 3.05) is 11.9 Å². The first-order valence-corrected chi connectivity index (χ1v) is 10.6. The van der Waals surface area contributed by atoms with E-state index in [0.29, 0.717) is 12.5 Å². The van der Waals surface area contributed by atoms with Gasteiger partial charge < -0.3 is 20.4 Å². The predicted octanol–water partition coefficient (Wildman–Crippen LogP) is 3.10. The molecule has 8 nitrogen and oxygen atoms in total. The van der Waals surface area contributed by atoms with Gasteiger partial charge in [0.1, 0.15) is 29.5 Å². The Kier molecular flexibility index (Phi) is 4.05.